The summed E-state index contributed by atoms with van der Waals surface area (Å²) in [5.41, 5.74) is 1.98. The molecule has 0 spiro atoms. The van der Waals surface area contributed by atoms with Crippen molar-refractivity contribution in [2.24, 2.45) is 0 Å². The van der Waals surface area contributed by atoms with E-state index in [1.807, 2.05) is 24.3 Å². The molecule has 0 aliphatic heterocycles. The van der Waals surface area contributed by atoms with E-state index in [1.165, 1.54) is 0 Å². The predicted molar refractivity (Wildman–Crippen MR) is 102 cm³/mol. The van der Waals surface area contributed by atoms with Crippen molar-refractivity contribution in [2.75, 3.05) is 11.9 Å². The Morgan fingerprint density at radius 2 is 1.48 bits per heavy atom. The van der Waals surface area contributed by atoms with Crippen LogP contribution in [0.2, 0.25) is 0 Å². The molecular formula is C22H16N2O3. The van der Waals surface area contributed by atoms with Gasteiger partial charge in [0.2, 0.25) is 0 Å². The number of carbonyl (C=O) groups excluding carboxylic acids is 2. The van der Waals surface area contributed by atoms with Crippen molar-refractivity contribution < 1.29 is 14.3 Å². The van der Waals surface area contributed by atoms with Crippen molar-refractivity contribution in [3.63, 3.8) is 0 Å². The summed E-state index contributed by atoms with van der Waals surface area (Å²) < 4.78 is 5.45. The Hall–Kier alpha value is -3.91. The number of benzene rings is 3. The number of rotatable bonds is 6. The van der Waals surface area contributed by atoms with E-state index in [1.54, 1.807) is 60.7 Å². The highest BCUT2D eigenvalue weighted by Crippen LogP contribution is 2.16. The largest absolute Gasteiger partial charge is 0.484 e. The Morgan fingerprint density at radius 1 is 0.852 bits per heavy atom. The molecule has 27 heavy (non-hydrogen) atoms. The first-order valence-corrected chi connectivity index (χ1v) is 8.29. The number of para-hydroxylation sites is 1. The molecule has 0 bridgehead atoms. The Balaban J connectivity index is 1.58. The standard InChI is InChI=1S/C22H16N2O3/c23-14-18-8-4-5-9-20(18)24-21(25)15-27-19-12-10-17(11-13-19)22(26)16-6-2-1-3-7-16/h1-13H,15H2,(H,24,25). The van der Waals surface area contributed by atoms with Crippen LogP contribution in [0.5, 0.6) is 5.75 Å². The quantitative estimate of drug-likeness (QED) is 0.681. The first-order valence-electron chi connectivity index (χ1n) is 8.29. The first kappa shape index (κ1) is 17.9. The molecule has 5 nitrogen and oxygen atoms in total. The summed E-state index contributed by atoms with van der Waals surface area (Å²) in [5.74, 6) is 0.0264. The van der Waals surface area contributed by atoms with Crippen LogP contribution in [-0.2, 0) is 4.79 Å². The van der Waals surface area contributed by atoms with Crippen molar-refractivity contribution in [2.45, 2.75) is 0 Å². The van der Waals surface area contributed by atoms with Crippen LogP contribution in [0.15, 0.2) is 78.9 Å². The number of amides is 1. The van der Waals surface area contributed by atoms with Gasteiger partial charge in [-0.1, -0.05) is 42.5 Å². The third-order valence-electron chi connectivity index (χ3n) is 3.84. The topological polar surface area (TPSA) is 79.2 Å². The maximum Gasteiger partial charge on any atom is 0.262 e. The van der Waals surface area contributed by atoms with Gasteiger partial charge in [0.05, 0.1) is 11.3 Å². The fourth-order valence-corrected chi connectivity index (χ4v) is 2.48. The summed E-state index contributed by atoms with van der Waals surface area (Å²) in [6.45, 7) is -0.203. The van der Waals surface area contributed by atoms with Crippen LogP contribution in [0.4, 0.5) is 5.69 Å². The average Bonchev–Trinajstić information content (AvgIpc) is 2.73. The summed E-state index contributed by atoms with van der Waals surface area (Å²) in [5, 5.41) is 11.7. The second-order valence-corrected chi connectivity index (χ2v) is 5.71. The Kier molecular flexibility index (Phi) is 5.60. The normalized spacial score (nSPS) is 9.89. The Bertz CT molecular complexity index is 990. The maximum absolute atomic E-state index is 12.4. The van der Waals surface area contributed by atoms with Crippen LogP contribution in [0, 0.1) is 11.3 Å². The lowest BCUT2D eigenvalue weighted by molar-refractivity contribution is -0.118. The second-order valence-electron chi connectivity index (χ2n) is 5.71. The fourth-order valence-electron chi connectivity index (χ4n) is 2.48. The van der Waals surface area contributed by atoms with Gasteiger partial charge in [-0.3, -0.25) is 9.59 Å². The summed E-state index contributed by atoms with van der Waals surface area (Å²) in [4.78, 5) is 24.4. The van der Waals surface area contributed by atoms with Crippen LogP contribution in [0.25, 0.3) is 0 Å². The Labute approximate surface area is 156 Å². The maximum atomic E-state index is 12.4. The van der Waals surface area contributed by atoms with E-state index in [-0.39, 0.29) is 18.3 Å². The van der Waals surface area contributed by atoms with Gasteiger partial charge in [-0.15, -0.1) is 0 Å². The van der Waals surface area contributed by atoms with Crippen LogP contribution < -0.4 is 10.1 Å². The van der Waals surface area contributed by atoms with Crippen LogP contribution in [0.3, 0.4) is 0 Å². The lowest BCUT2D eigenvalue weighted by Crippen LogP contribution is -2.20. The molecule has 5 heteroatoms. The number of nitriles is 1. The van der Waals surface area contributed by atoms with Gasteiger partial charge in [-0.25, -0.2) is 0 Å². The van der Waals surface area contributed by atoms with Crippen LogP contribution in [0.1, 0.15) is 21.5 Å². The van der Waals surface area contributed by atoms with E-state index in [2.05, 4.69) is 5.32 Å². The molecule has 0 saturated carbocycles. The molecule has 0 aliphatic carbocycles. The van der Waals surface area contributed by atoms with Crippen LogP contribution in [-0.4, -0.2) is 18.3 Å². The molecule has 1 N–H and O–H groups in total. The molecule has 0 radical (unpaired) electrons. The molecule has 3 rings (SSSR count). The zero-order chi connectivity index (χ0) is 19.1. The minimum absolute atomic E-state index is 0.0759. The number of hydrogen-bond donors (Lipinski definition) is 1. The van der Waals surface area contributed by atoms with Gasteiger partial charge in [0, 0.05) is 11.1 Å². The monoisotopic (exact) mass is 356 g/mol. The lowest BCUT2D eigenvalue weighted by atomic mass is 10.0. The third-order valence-corrected chi connectivity index (χ3v) is 3.84. The number of nitrogens with zero attached hydrogens (tertiary/aromatic N) is 1. The van der Waals surface area contributed by atoms with Crippen molar-refractivity contribution >= 4 is 17.4 Å². The van der Waals surface area contributed by atoms with Gasteiger partial charge >= 0.3 is 0 Å². The van der Waals surface area contributed by atoms with E-state index in [0.29, 0.717) is 28.1 Å². The van der Waals surface area contributed by atoms with Crippen LogP contribution >= 0.6 is 0 Å². The zero-order valence-corrected chi connectivity index (χ0v) is 14.4. The number of nitrogens with one attached hydrogen (secondary N) is 1. The third kappa shape index (κ3) is 4.59. The van der Waals surface area contributed by atoms with Crippen molar-refractivity contribution in [1.29, 1.82) is 5.26 Å². The van der Waals surface area contributed by atoms with Gasteiger partial charge < -0.3 is 10.1 Å². The molecule has 0 aliphatic rings. The second kappa shape index (κ2) is 8.45. The van der Waals surface area contributed by atoms with Crippen molar-refractivity contribution in [1.82, 2.24) is 0 Å². The molecule has 0 atom stereocenters. The number of ether oxygens (including phenoxy) is 1. The fraction of sp³-hybridized carbons (Fsp3) is 0.0455. The molecule has 3 aromatic carbocycles. The van der Waals surface area contributed by atoms with Gasteiger partial charge in [-0.05, 0) is 36.4 Å². The number of hydrogen-bond acceptors (Lipinski definition) is 4. The minimum atomic E-state index is -0.373. The SMILES string of the molecule is N#Cc1ccccc1NC(=O)COc1ccc(C(=O)c2ccccc2)cc1. The molecule has 0 heterocycles. The lowest BCUT2D eigenvalue weighted by Gasteiger charge is -2.09. The first-order chi connectivity index (χ1) is 13.2. The average molecular weight is 356 g/mol. The summed E-state index contributed by atoms with van der Waals surface area (Å²) in [6, 6.07) is 24.4. The predicted octanol–water partition coefficient (Wildman–Crippen LogP) is 3.81. The van der Waals surface area contributed by atoms with E-state index in [9.17, 15) is 9.59 Å². The van der Waals surface area contributed by atoms with E-state index < -0.39 is 0 Å². The highest BCUT2D eigenvalue weighted by atomic mass is 16.5. The Morgan fingerprint density at radius 3 is 2.19 bits per heavy atom. The molecule has 1 amide bonds. The molecule has 132 valence electrons. The van der Waals surface area contributed by atoms with Gasteiger partial charge in [-0.2, -0.15) is 5.26 Å². The zero-order valence-electron chi connectivity index (χ0n) is 14.4. The van der Waals surface area contributed by atoms with E-state index in [0.717, 1.165) is 0 Å². The van der Waals surface area contributed by atoms with E-state index >= 15 is 0 Å². The molecular weight excluding hydrogens is 340 g/mol. The molecule has 0 saturated heterocycles. The summed E-state index contributed by atoms with van der Waals surface area (Å²) in [7, 11) is 0. The van der Waals surface area contributed by atoms with E-state index in [4.69, 9.17) is 10.00 Å². The summed E-state index contributed by atoms with van der Waals surface area (Å²) >= 11 is 0. The summed E-state index contributed by atoms with van der Waals surface area (Å²) in [6.07, 6.45) is 0. The van der Waals surface area contributed by atoms with Gasteiger partial charge in [0.15, 0.2) is 12.4 Å². The number of carbonyl (C=O) groups is 2. The molecule has 0 aromatic heterocycles. The molecule has 3 aromatic rings. The van der Waals surface area contributed by atoms with Gasteiger partial charge in [0.1, 0.15) is 11.8 Å². The van der Waals surface area contributed by atoms with Crippen molar-refractivity contribution in [3.05, 3.63) is 95.6 Å². The van der Waals surface area contributed by atoms with Gasteiger partial charge in [0.25, 0.3) is 5.91 Å². The highest BCUT2D eigenvalue weighted by molar-refractivity contribution is 6.09. The smallest absolute Gasteiger partial charge is 0.262 e. The number of ketones is 1. The highest BCUT2D eigenvalue weighted by Gasteiger charge is 2.10. The molecule has 0 fully saturated rings. The number of anilines is 1. The minimum Gasteiger partial charge on any atom is -0.484 e. The van der Waals surface area contributed by atoms with Crippen molar-refractivity contribution in [3.8, 4) is 11.8 Å². The molecule has 0 unspecified atom stereocenters.